The van der Waals surface area contributed by atoms with E-state index in [1.807, 2.05) is 6.07 Å². The maximum absolute atomic E-state index is 13.5. The molecule has 0 saturated heterocycles. The van der Waals surface area contributed by atoms with Crippen LogP contribution in [0.15, 0.2) is 60.7 Å². The number of primary amides is 1. The monoisotopic (exact) mass is 555 g/mol. The van der Waals surface area contributed by atoms with Gasteiger partial charge in [0, 0.05) is 6.42 Å². The number of carbonyl (C=O) groups excluding carboxylic acids is 4. The van der Waals surface area contributed by atoms with Crippen LogP contribution in [0.3, 0.4) is 0 Å². The molecule has 3 atom stereocenters. The van der Waals surface area contributed by atoms with E-state index in [0.29, 0.717) is 4.90 Å². The summed E-state index contributed by atoms with van der Waals surface area (Å²) >= 11 is 0. The molecule has 0 aliphatic carbocycles. The van der Waals surface area contributed by atoms with Crippen LogP contribution in [0.25, 0.3) is 0 Å². The average molecular weight is 556 g/mol. The number of nitrogens with zero attached hydrogens (tertiary/aromatic N) is 1. The van der Waals surface area contributed by atoms with Gasteiger partial charge < -0.3 is 26.0 Å². The summed E-state index contributed by atoms with van der Waals surface area (Å²) in [5.74, 6) is -5.02. The van der Waals surface area contributed by atoms with Crippen molar-refractivity contribution in [3.63, 3.8) is 0 Å². The Kier molecular flexibility index (Phi) is 11.8. The van der Waals surface area contributed by atoms with E-state index < -0.39 is 53.4 Å². The molecule has 0 spiro atoms. The number of esters is 1. The van der Waals surface area contributed by atoms with E-state index >= 15 is 0 Å². The van der Waals surface area contributed by atoms with Gasteiger partial charge in [0.15, 0.2) is 0 Å². The second-order valence-electron chi connectivity index (χ2n) is 10.4. The summed E-state index contributed by atoms with van der Waals surface area (Å²) in [6.07, 6.45) is -2.10. The molecule has 0 aliphatic rings. The third kappa shape index (κ3) is 10.5. The first-order valence-corrected chi connectivity index (χ1v) is 12.9. The van der Waals surface area contributed by atoms with Gasteiger partial charge in [0.25, 0.3) is 0 Å². The Morgan fingerprint density at radius 2 is 1.48 bits per heavy atom. The van der Waals surface area contributed by atoms with Gasteiger partial charge >= 0.3 is 18.0 Å². The molecule has 0 saturated carbocycles. The van der Waals surface area contributed by atoms with Crippen molar-refractivity contribution in [1.29, 1.82) is 0 Å². The first-order valence-electron chi connectivity index (χ1n) is 12.9. The van der Waals surface area contributed by atoms with Crippen molar-refractivity contribution in [2.24, 2.45) is 17.4 Å². The number of benzene rings is 2. The van der Waals surface area contributed by atoms with Gasteiger partial charge in [0.1, 0.15) is 18.2 Å². The summed E-state index contributed by atoms with van der Waals surface area (Å²) in [5, 5.41) is 9.74. The Morgan fingerprint density at radius 3 is 1.98 bits per heavy atom. The molecule has 0 bridgehead atoms. The van der Waals surface area contributed by atoms with Gasteiger partial charge in [-0.3, -0.25) is 19.2 Å². The number of aliphatic carboxylic acids is 1. The minimum Gasteiger partial charge on any atom is -0.481 e. The molecule has 2 aromatic carbocycles. The molecule has 0 aromatic heterocycles. The Bertz CT molecular complexity index is 1160. The summed E-state index contributed by atoms with van der Waals surface area (Å²) in [7, 11) is 0. The van der Waals surface area contributed by atoms with E-state index in [0.717, 1.165) is 11.1 Å². The van der Waals surface area contributed by atoms with Crippen LogP contribution in [0, 0.1) is 5.92 Å². The average Bonchev–Trinajstić information content (AvgIpc) is 2.88. The normalized spacial score (nSPS) is 13.4. The minimum atomic E-state index is -1.59. The third-order valence-corrected chi connectivity index (χ3v) is 5.86. The van der Waals surface area contributed by atoms with E-state index in [-0.39, 0.29) is 32.3 Å². The zero-order valence-electron chi connectivity index (χ0n) is 22.9. The predicted molar refractivity (Wildman–Crippen MR) is 145 cm³/mol. The molecule has 2 rings (SSSR count). The topological polar surface area (TPSA) is 179 Å². The zero-order valence-corrected chi connectivity index (χ0v) is 22.9. The van der Waals surface area contributed by atoms with Crippen LogP contribution in [-0.2, 0) is 41.7 Å². The molecule has 0 radical (unpaired) electrons. The zero-order chi connectivity index (χ0) is 29.9. The predicted octanol–water partition coefficient (Wildman–Crippen LogP) is 2.79. The molecule has 1 unspecified atom stereocenters. The molecule has 11 nitrogen and oxygen atoms in total. The molecule has 216 valence electrons. The van der Waals surface area contributed by atoms with E-state index in [1.54, 1.807) is 75.4 Å². The Hall–Kier alpha value is -4.25. The standard InChI is InChI=1S/C29H37N3O8/c1-29(2,3)40-28(38)32(23(25(31)34)14-15-24(33)39-18-20-12-8-5-9-13-20)26(35)22(30)17-21(27(36)37)16-19-10-6-4-7-11-19/h4-13,21-23H,14-18,30H2,1-3H3,(H2,31,34)(H,36,37)/t21?,22-,23+/m0/s1. The SMILES string of the molecule is CC(C)(C)OC(=O)N(C(=O)[C@@H](N)CC(Cc1ccccc1)C(=O)O)[C@H](CCC(=O)OCc1ccccc1)C(N)=O. The van der Waals surface area contributed by atoms with Crippen molar-refractivity contribution < 1.29 is 38.6 Å². The van der Waals surface area contributed by atoms with E-state index in [1.165, 1.54) is 0 Å². The van der Waals surface area contributed by atoms with Crippen LogP contribution in [0.2, 0.25) is 0 Å². The fourth-order valence-corrected chi connectivity index (χ4v) is 3.90. The highest BCUT2D eigenvalue weighted by atomic mass is 16.6. The van der Waals surface area contributed by atoms with Gasteiger partial charge in [0.2, 0.25) is 11.8 Å². The Morgan fingerprint density at radius 1 is 0.925 bits per heavy atom. The molecular weight excluding hydrogens is 518 g/mol. The van der Waals surface area contributed by atoms with Crippen LogP contribution < -0.4 is 11.5 Å². The Balaban J connectivity index is 2.21. The highest BCUT2D eigenvalue weighted by Gasteiger charge is 2.40. The van der Waals surface area contributed by atoms with Gasteiger partial charge in [-0.2, -0.15) is 0 Å². The summed E-state index contributed by atoms with van der Waals surface area (Å²) in [4.78, 5) is 63.8. The maximum Gasteiger partial charge on any atom is 0.417 e. The maximum atomic E-state index is 13.5. The smallest absolute Gasteiger partial charge is 0.417 e. The van der Waals surface area contributed by atoms with Crippen LogP contribution >= 0.6 is 0 Å². The molecule has 40 heavy (non-hydrogen) atoms. The molecule has 0 heterocycles. The van der Waals surface area contributed by atoms with Crippen molar-refractivity contribution in [3.8, 4) is 0 Å². The van der Waals surface area contributed by atoms with Gasteiger partial charge in [-0.05, 0) is 51.2 Å². The van der Waals surface area contributed by atoms with Crippen molar-refractivity contribution >= 4 is 29.8 Å². The van der Waals surface area contributed by atoms with Crippen LogP contribution in [0.4, 0.5) is 4.79 Å². The van der Waals surface area contributed by atoms with Gasteiger partial charge in [-0.25, -0.2) is 9.69 Å². The number of carboxylic acid groups (broad SMARTS) is 1. The number of nitrogens with two attached hydrogens (primary N) is 2. The van der Waals surface area contributed by atoms with E-state index in [4.69, 9.17) is 20.9 Å². The molecule has 5 N–H and O–H groups in total. The van der Waals surface area contributed by atoms with Gasteiger partial charge in [-0.15, -0.1) is 0 Å². The molecule has 11 heteroatoms. The van der Waals surface area contributed by atoms with E-state index in [9.17, 15) is 29.1 Å². The third-order valence-electron chi connectivity index (χ3n) is 5.86. The first-order chi connectivity index (χ1) is 18.8. The molecule has 0 fully saturated rings. The number of imide groups is 1. The van der Waals surface area contributed by atoms with Crippen molar-refractivity contribution in [1.82, 2.24) is 4.90 Å². The summed E-state index contributed by atoms with van der Waals surface area (Å²) in [6.45, 7) is 4.69. The summed E-state index contributed by atoms with van der Waals surface area (Å²) in [6, 6.07) is 14.6. The van der Waals surface area contributed by atoms with Crippen LogP contribution in [0.5, 0.6) is 0 Å². The fraction of sp³-hybridized carbons (Fsp3) is 0.414. The van der Waals surface area contributed by atoms with Crippen molar-refractivity contribution in [2.45, 2.75) is 70.7 Å². The number of carboxylic acids is 1. The van der Waals surface area contributed by atoms with E-state index in [2.05, 4.69) is 0 Å². The molecule has 0 aliphatic heterocycles. The number of carbonyl (C=O) groups is 5. The lowest BCUT2D eigenvalue weighted by Crippen LogP contribution is -2.57. The molecular formula is C29H37N3O8. The molecule has 3 amide bonds. The number of hydrogen-bond acceptors (Lipinski definition) is 8. The second-order valence-corrected chi connectivity index (χ2v) is 10.4. The summed E-state index contributed by atoms with van der Waals surface area (Å²) in [5.41, 5.74) is 12.1. The number of rotatable bonds is 13. The quantitative estimate of drug-likeness (QED) is 0.313. The second kappa shape index (κ2) is 14.8. The number of ether oxygens (including phenoxy) is 2. The largest absolute Gasteiger partial charge is 0.481 e. The van der Waals surface area contributed by atoms with Crippen LogP contribution in [-0.4, -0.2) is 57.5 Å². The van der Waals surface area contributed by atoms with Crippen LogP contribution in [0.1, 0.15) is 51.2 Å². The van der Waals surface area contributed by atoms with Crippen molar-refractivity contribution in [2.75, 3.05) is 0 Å². The van der Waals surface area contributed by atoms with Gasteiger partial charge in [-0.1, -0.05) is 60.7 Å². The highest BCUT2D eigenvalue weighted by molar-refractivity contribution is 6.00. The molecule has 2 aromatic rings. The lowest BCUT2D eigenvalue weighted by atomic mass is 9.92. The number of amides is 3. The first kappa shape index (κ1) is 32.0. The highest BCUT2D eigenvalue weighted by Crippen LogP contribution is 2.20. The lowest BCUT2D eigenvalue weighted by molar-refractivity contribution is -0.148. The Labute approximate surface area is 233 Å². The summed E-state index contributed by atoms with van der Waals surface area (Å²) < 4.78 is 10.6. The fourth-order valence-electron chi connectivity index (χ4n) is 3.90. The van der Waals surface area contributed by atoms with Gasteiger partial charge in [0.05, 0.1) is 12.0 Å². The minimum absolute atomic E-state index is 0.00150. The number of hydrogen-bond donors (Lipinski definition) is 3. The lowest BCUT2D eigenvalue weighted by Gasteiger charge is -2.32. The van der Waals surface area contributed by atoms with Crippen molar-refractivity contribution in [3.05, 3.63) is 71.8 Å².